The van der Waals surface area contributed by atoms with Crippen molar-refractivity contribution in [3.8, 4) is 17.2 Å². The van der Waals surface area contributed by atoms with Gasteiger partial charge in [0.25, 0.3) is 0 Å². The van der Waals surface area contributed by atoms with E-state index in [0.717, 1.165) is 22.3 Å². The summed E-state index contributed by atoms with van der Waals surface area (Å²) < 4.78 is 5.02. The summed E-state index contributed by atoms with van der Waals surface area (Å²) in [6, 6.07) is 21.6. The maximum Gasteiger partial charge on any atom is 0.411 e. The molecule has 1 amide bonds. The first-order chi connectivity index (χ1) is 14.6. The van der Waals surface area contributed by atoms with E-state index < -0.39 is 24.1 Å². The van der Waals surface area contributed by atoms with Crippen molar-refractivity contribution in [2.24, 2.45) is 0 Å². The van der Waals surface area contributed by atoms with E-state index in [1.807, 2.05) is 54.6 Å². The predicted octanol–water partition coefficient (Wildman–Crippen LogP) is 4.52. The normalized spacial score (nSPS) is 12.9. The molecule has 0 aromatic heterocycles. The van der Waals surface area contributed by atoms with E-state index in [9.17, 15) is 14.7 Å². The molecule has 0 fully saturated rings. The lowest BCUT2D eigenvalue weighted by molar-refractivity contribution is -0.143. The van der Waals surface area contributed by atoms with Crippen molar-refractivity contribution in [1.82, 2.24) is 4.90 Å². The van der Waals surface area contributed by atoms with E-state index >= 15 is 0 Å². The van der Waals surface area contributed by atoms with Gasteiger partial charge in [-0.3, -0.25) is 4.90 Å². The highest BCUT2D eigenvalue weighted by atomic mass is 16.5. The molecule has 6 heteroatoms. The number of carboxylic acids is 1. The Morgan fingerprint density at radius 1 is 0.967 bits per heavy atom. The number of carbonyl (C=O) groups excluding carboxylic acids is 1. The van der Waals surface area contributed by atoms with Gasteiger partial charge in [-0.05, 0) is 39.9 Å². The Morgan fingerprint density at radius 2 is 1.50 bits per heavy atom. The smallest absolute Gasteiger partial charge is 0.411 e. The zero-order valence-electron chi connectivity index (χ0n) is 16.1. The van der Waals surface area contributed by atoms with Crippen LogP contribution < -0.4 is 0 Å². The third kappa shape index (κ3) is 3.07. The standard InChI is InChI=1S/C24H18N2O4/c1-30-24(29)26(21(23(27)28)16-12-10-15(14-25)11-13-16)22-19-8-4-2-6-17(19)18-7-3-5-9-20(18)22/h2-13,21-22H,1H3,(H,27,28)/t21-/m1/s1. The maximum atomic E-state index is 12.9. The molecule has 0 aliphatic heterocycles. The first-order valence-electron chi connectivity index (χ1n) is 9.34. The van der Waals surface area contributed by atoms with Gasteiger partial charge in [0, 0.05) is 0 Å². The zero-order chi connectivity index (χ0) is 21.3. The van der Waals surface area contributed by atoms with Gasteiger partial charge in [0.1, 0.15) is 0 Å². The average molecular weight is 398 g/mol. The van der Waals surface area contributed by atoms with E-state index in [0.29, 0.717) is 11.1 Å². The van der Waals surface area contributed by atoms with Gasteiger partial charge in [-0.25, -0.2) is 9.59 Å². The van der Waals surface area contributed by atoms with Crippen molar-refractivity contribution >= 4 is 12.1 Å². The molecular formula is C24H18N2O4. The summed E-state index contributed by atoms with van der Waals surface area (Å²) in [5.41, 5.74) is 4.37. The minimum absolute atomic E-state index is 0.383. The van der Waals surface area contributed by atoms with Gasteiger partial charge in [0.05, 0.1) is 24.8 Å². The van der Waals surface area contributed by atoms with Gasteiger partial charge < -0.3 is 9.84 Å². The molecule has 6 nitrogen and oxygen atoms in total. The number of hydrogen-bond acceptors (Lipinski definition) is 4. The summed E-state index contributed by atoms with van der Waals surface area (Å²) in [7, 11) is 1.24. The molecule has 3 aromatic carbocycles. The van der Waals surface area contributed by atoms with E-state index in [1.54, 1.807) is 12.1 Å². The Bertz CT molecular complexity index is 1120. The number of amides is 1. The summed E-state index contributed by atoms with van der Waals surface area (Å²) in [5, 5.41) is 19.2. The van der Waals surface area contributed by atoms with Crippen LogP contribution in [-0.4, -0.2) is 29.2 Å². The fourth-order valence-electron chi connectivity index (χ4n) is 4.06. The van der Waals surface area contributed by atoms with Crippen LogP contribution in [0.2, 0.25) is 0 Å². The molecule has 3 aromatic rings. The van der Waals surface area contributed by atoms with E-state index in [1.165, 1.54) is 24.1 Å². The number of nitrogens with zero attached hydrogens (tertiary/aromatic N) is 2. The molecule has 0 heterocycles. The van der Waals surface area contributed by atoms with Gasteiger partial charge in [-0.1, -0.05) is 60.7 Å². The Hall–Kier alpha value is -4.11. The number of carboxylic acid groups (broad SMARTS) is 1. The van der Waals surface area contributed by atoms with E-state index in [-0.39, 0.29) is 0 Å². The fourth-order valence-corrected chi connectivity index (χ4v) is 4.06. The van der Waals surface area contributed by atoms with Crippen molar-refractivity contribution in [2.45, 2.75) is 12.1 Å². The third-order valence-corrected chi connectivity index (χ3v) is 5.33. The Labute approximate surface area is 173 Å². The van der Waals surface area contributed by atoms with Crippen LogP contribution >= 0.6 is 0 Å². The van der Waals surface area contributed by atoms with Crippen LogP contribution in [0.3, 0.4) is 0 Å². The molecule has 0 saturated carbocycles. The second-order valence-corrected chi connectivity index (χ2v) is 6.93. The maximum absolute atomic E-state index is 12.9. The second-order valence-electron chi connectivity index (χ2n) is 6.93. The third-order valence-electron chi connectivity index (χ3n) is 5.33. The Balaban J connectivity index is 1.92. The molecule has 1 aliphatic carbocycles. The molecule has 1 atom stereocenters. The number of nitriles is 1. The lowest BCUT2D eigenvalue weighted by Crippen LogP contribution is -2.41. The van der Waals surface area contributed by atoms with Gasteiger partial charge in [-0.15, -0.1) is 0 Å². The number of rotatable bonds is 4. The summed E-state index contributed by atoms with van der Waals surface area (Å²) in [5.74, 6) is -1.19. The fraction of sp³-hybridized carbons (Fsp3) is 0.125. The van der Waals surface area contributed by atoms with E-state index in [4.69, 9.17) is 10.00 Å². The van der Waals surface area contributed by atoms with Crippen molar-refractivity contribution in [1.29, 1.82) is 5.26 Å². The minimum Gasteiger partial charge on any atom is -0.479 e. The molecule has 1 N–H and O–H groups in total. The van der Waals surface area contributed by atoms with Gasteiger partial charge in [-0.2, -0.15) is 5.26 Å². The molecule has 0 unspecified atom stereocenters. The van der Waals surface area contributed by atoms with Crippen LogP contribution in [0.4, 0.5) is 4.79 Å². The summed E-state index contributed by atoms with van der Waals surface area (Å²) >= 11 is 0. The number of benzene rings is 3. The largest absolute Gasteiger partial charge is 0.479 e. The van der Waals surface area contributed by atoms with Crippen LogP contribution in [0.1, 0.15) is 34.3 Å². The van der Waals surface area contributed by atoms with Crippen molar-refractivity contribution < 1.29 is 19.4 Å². The molecule has 148 valence electrons. The quantitative estimate of drug-likeness (QED) is 0.698. The number of aliphatic carboxylic acids is 1. The summed E-state index contributed by atoms with van der Waals surface area (Å²) in [6.07, 6.45) is -0.747. The van der Waals surface area contributed by atoms with Gasteiger partial charge in [0.2, 0.25) is 0 Å². The van der Waals surface area contributed by atoms with Crippen molar-refractivity contribution in [3.05, 3.63) is 95.1 Å². The molecule has 30 heavy (non-hydrogen) atoms. The number of fused-ring (bicyclic) bond motifs is 3. The lowest BCUT2D eigenvalue weighted by Gasteiger charge is -2.34. The van der Waals surface area contributed by atoms with Crippen molar-refractivity contribution in [2.75, 3.05) is 7.11 Å². The highest BCUT2D eigenvalue weighted by Gasteiger charge is 2.42. The van der Waals surface area contributed by atoms with Crippen molar-refractivity contribution in [3.63, 3.8) is 0 Å². The molecule has 0 radical (unpaired) electrons. The van der Waals surface area contributed by atoms with Crippen LogP contribution in [0.15, 0.2) is 72.8 Å². The number of ether oxygens (including phenoxy) is 1. The minimum atomic E-state index is -1.30. The number of carbonyl (C=O) groups is 2. The monoisotopic (exact) mass is 398 g/mol. The first kappa shape index (κ1) is 19.2. The Kier molecular flexibility index (Phi) is 4.95. The summed E-state index contributed by atoms with van der Waals surface area (Å²) in [6.45, 7) is 0. The second kappa shape index (κ2) is 7.72. The molecular weight excluding hydrogens is 380 g/mol. The molecule has 0 saturated heterocycles. The van der Waals surface area contributed by atoms with E-state index in [2.05, 4.69) is 0 Å². The number of hydrogen-bond donors (Lipinski definition) is 1. The van der Waals surface area contributed by atoms with Crippen LogP contribution in [0, 0.1) is 11.3 Å². The topological polar surface area (TPSA) is 90.6 Å². The zero-order valence-corrected chi connectivity index (χ0v) is 16.1. The molecule has 1 aliphatic rings. The SMILES string of the molecule is COC(=O)N(C1c2ccccc2-c2ccccc21)[C@@H](C(=O)O)c1ccc(C#N)cc1. The highest BCUT2D eigenvalue weighted by molar-refractivity contribution is 5.85. The van der Waals surface area contributed by atoms with Crippen LogP contribution in [-0.2, 0) is 9.53 Å². The highest BCUT2D eigenvalue weighted by Crippen LogP contribution is 2.48. The molecule has 4 rings (SSSR count). The Morgan fingerprint density at radius 3 is 1.97 bits per heavy atom. The van der Waals surface area contributed by atoms with Gasteiger partial charge in [0.15, 0.2) is 6.04 Å². The number of methoxy groups -OCH3 is 1. The molecule has 0 bridgehead atoms. The first-order valence-corrected chi connectivity index (χ1v) is 9.34. The predicted molar refractivity (Wildman–Crippen MR) is 109 cm³/mol. The van der Waals surface area contributed by atoms with Crippen LogP contribution in [0.5, 0.6) is 0 Å². The van der Waals surface area contributed by atoms with Gasteiger partial charge >= 0.3 is 12.1 Å². The average Bonchev–Trinajstić information content (AvgIpc) is 3.11. The molecule has 0 spiro atoms. The van der Waals surface area contributed by atoms with Crippen LogP contribution in [0.25, 0.3) is 11.1 Å². The summed E-state index contributed by atoms with van der Waals surface area (Å²) in [4.78, 5) is 26.6. The lowest BCUT2D eigenvalue weighted by atomic mass is 9.97.